The summed E-state index contributed by atoms with van der Waals surface area (Å²) in [6.45, 7) is 1.94. The van der Waals surface area contributed by atoms with Crippen molar-refractivity contribution in [1.82, 2.24) is 4.98 Å². The van der Waals surface area contributed by atoms with Crippen LogP contribution in [0.2, 0.25) is 0 Å². The van der Waals surface area contributed by atoms with Crippen LogP contribution in [0.4, 0.5) is 6.01 Å². The first-order chi connectivity index (χ1) is 12.2. The maximum atomic E-state index is 5.61. The molecule has 0 atom stereocenters. The lowest BCUT2D eigenvalue weighted by Gasteiger charge is -2.05. The zero-order valence-corrected chi connectivity index (χ0v) is 14.0. The van der Waals surface area contributed by atoms with Gasteiger partial charge in [-0.25, -0.2) is 5.43 Å². The summed E-state index contributed by atoms with van der Waals surface area (Å²) in [5, 5.41) is 6.65. The summed E-state index contributed by atoms with van der Waals surface area (Å²) in [6, 6.07) is 20.2. The molecule has 0 radical (unpaired) electrons. The Balaban J connectivity index is 1.59. The van der Waals surface area contributed by atoms with E-state index in [-0.39, 0.29) is 0 Å². The Kier molecular flexibility index (Phi) is 3.82. The van der Waals surface area contributed by atoms with Gasteiger partial charge in [0.1, 0.15) is 11.3 Å². The fraction of sp³-hybridized carbons (Fsp3) is 0.100. The predicted octanol–water partition coefficient (Wildman–Crippen LogP) is 4.83. The van der Waals surface area contributed by atoms with E-state index in [1.54, 1.807) is 7.11 Å². The van der Waals surface area contributed by atoms with Crippen LogP contribution in [-0.4, -0.2) is 17.8 Å². The van der Waals surface area contributed by atoms with Crippen LogP contribution >= 0.6 is 0 Å². The zero-order chi connectivity index (χ0) is 17.2. The van der Waals surface area contributed by atoms with E-state index >= 15 is 0 Å². The van der Waals surface area contributed by atoms with Gasteiger partial charge < -0.3 is 9.15 Å². The summed E-state index contributed by atoms with van der Waals surface area (Å²) in [5.74, 6) is 0.850. The smallest absolute Gasteiger partial charge is 0.316 e. The highest BCUT2D eigenvalue weighted by atomic mass is 16.5. The molecule has 1 N–H and O–H groups in total. The Morgan fingerprint density at radius 1 is 1.04 bits per heavy atom. The van der Waals surface area contributed by atoms with Gasteiger partial charge in [0, 0.05) is 0 Å². The van der Waals surface area contributed by atoms with Gasteiger partial charge in [0.2, 0.25) is 0 Å². The van der Waals surface area contributed by atoms with Crippen LogP contribution < -0.4 is 10.2 Å². The average molecular weight is 331 g/mol. The second-order valence-corrected chi connectivity index (χ2v) is 5.72. The van der Waals surface area contributed by atoms with Gasteiger partial charge in [0.25, 0.3) is 0 Å². The summed E-state index contributed by atoms with van der Waals surface area (Å²) in [5.41, 5.74) is 6.30. The molecule has 5 nitrogen and oxygen atoms in total. The van der Waals surface area contributed by atoms with E-state index in [1.165, 1.54) is 0 Å². The molecule has 1 heterocycles. The van der Waals surface area contributed by atoms with E-state index in [0.717, 1.165) is 38.9 Å². The minimum atomic E-state index is 0.381. The minimum absolute atomic E-state index is 0.381. The third kappa shape index (κ3) is 3.04. The molecule has 0 bridgehead atoms. The fourth-order valence-electron chi connectivity index (χ4n) is 2.69. The molecular formula is C20H17N3O2. The molecule has 4 rings (SSSR count). The first-order valence-corrected chi connectivity index (χ1v) is 7.97. The molecule has 3 aromatic carbocycles. The van der Waals surface area contributed by atoms with Crippen LogP contribution in [0.5, 0.6) is 5.75 Å². The van der Waals surface area contributed by atoms with E-state index in [0.29, 0.717) is 6.01 Å². The fourth-order valence-corrected chi connectivity index (χ4v) is 2.69. The molecular weight excluding hydrogens is 314 g/mol. The molecule has 0 fully saturated rings. The molecule has 0 aliphatic rings. The van der Waals surface area contributed by atoms with E-state index in [1.807, 2.05) is 55.5 Å². The van der Waals surface area contributed by atoms with Crippen molar-refractivity contribution in [2.24, 2.45) is 5.10 Å². The van der Waals surface area contributed by atoms with Crippen molar-refractivity contribution >= 4 is 33.6 Å². The van der Waals surface area contributed by atoms with Gasteiger partial charge in [0.15, 0.2) is 5.58 Å². The summed E-state index contributed by atoms with van der Waals surface area (Å²) in [4.78, 5) is 4.35. The van der Waals surface area contributed by atoms with Crippen molar-refractivity contribution < 1.29 is 9.15 Å². The Hall–Kier alpha value is -3.34. The van der Waals surface area contributed by atoms with Gasteiger partial charge in [-0.05, 0) is 53.6 Å². The molecule has 0 spiro atoms. The molecule has 25 heavy (non-hydrogen) atoms. The molecule has 0 saturated heterocycles. The first-order valence-electron chi connectivity index (χ1n) is 7.97. The first kappa shape index (κ1) is 15.2. The quantitative estimate of drug-likeness (QED) is 0.430. The highest BCUT2D eigenvalue weighted by Gasteiger charge is 2.05. The lowest BCUT2D eigenvalue weighted by atomic mass is 10.0. The SMILES string of the molecule is COc1ccc2cc(C(C)=NNc3nc4ccccc4o3)ccc2c1. The number of hydrazone groups is 1. The van der Waals surface area contributed by atoms with E-state index in [2.05, 4.69) is 27.6 Å². The normalized spacial score (nSPS) is 11.8. The van der Waals surface area contributed by atoms with Crippen LogP contribution in [0.25, 0.3) is 21.9 Å². The Bertz CT molecular complexity index is 1050. The van der Waals surface area contributed by atoms with Gasteiger partial charge in [0.05, 0.1) is 12.8 Å². The lowest BCUT2D eigenvalue weighted by molar-refractivity contribution is 0.415. The van der Waals surface area contributed by atoms with Crippen LogP contribution in [0, 0.1) is 0 Å². The number of rotatable bonds is 4. The number of hydrogen-bond donors (Lipinski definition) is 1. The number of methoxy groups -OCH3 is 1. The predicted molar refractivity (Wildman–Crippen MR) is 100 cm³/mol. The molecule has 0 unspecified atom stereocenters. The molecule has 0 saturated carbocycles. The highest BCUT2D eigenvalue weighted by Crippen LogP contribution is 2.22. The summed E-state index contributed by atoms with van der Waals surface area (Å²) in [6.07, 6.45) is 0. The third-order valence-electron chi connectivity index (χ3n) is 4.08. The molecule has 0 amide bonds. The van der Waals surface area contributed by atoms with Crippen molar-refractivity contribution in [2.75, 3.05) is 12.5 Å². The Morgan fingerprint density at radius 3 is 2.68 bits per heavy atom. The van der Waals surface area contributed by atoms with Gasteiger partial charge in [-0.15, -0.1) is 0 Å². The minimum Gasteiger partial charge on any atom is -0.497 e. The van der Waals surface area contributed by atoms with Gasteiger partial charge >= 0.3 is 6.01 Å². The number of ether oxygens (including phenoxy) is 1. The summed E-state index contributed by atoms with van der Waals surface area (Å²) < 4.78 is 10.9. The molecule has 5 heteroatoms. The molecule has 0 aliphatic carbocycles. The maximum absolute atomic E-state index is 5.61. The Morgan fingerprint density at radius 2 is 1.84 bits per heavy atom. The van der Waals surface area contributed by atoms with Crippen LogP contribution in [0.3, 0.4) is 0 Å². The number of para-hydroxylation sites is 2. The van der Waals surface area contributed by atoms with Crippen molar-refractivity contribution in [3.63, 3.8) is 0 Å². The summed E-state index contributed by atoms with van der Waals surface area (Å²) >= 11 is 0. The number of aromatic nitrogens is 1. The standard InChI is InChI=1S/C20H17N3O2/c1-13(22-23-20-21-18-5-3-4-6-19(18)25-20)14-7-8-16-12-17(24-2)10-9-15(16)11-14/h3-12H,1-2H3,(H,21,23). The van der Waals surface area contributed by atoms with E-state index in [9.17, 15) is 0 Å². The van der Waals surface area contributed by atoms with Crippen molar-refractivity contribution in [2.45, 2.75) is 6.92 Å². The van der Waals surface area contributed by atoms with Crippen molar-refractivity contribution in [1.29, 1.82) is 0 Å². The van der Waals surface area contributed by atoms with Crippen LogP contribution in [0.15, 0.2) is 70.2 Å². The number of benzene rings is 3. The van der Waals surface area contributed by atoms with Crippen LogP contribution in [-0.2, 0) is 0 Å². The number of nitrogens with zero attached hydrogens (tertiary/aromatic N) is 2. The molecule has 0 aliphatic heterocycles. The van der Waals surface area contributed by atoms with Crippen LogP contribution in [0.1, 0.15) is 12.5 Å². The van der Waals surface area contributed by atoms with Gasteiger partial charge in [-0.3, -0.25) is 0 Å². The second kappa shape index (κ2) is 6.28. The number of hydrogen-bond acceptors (Lipinski definition) is 5. The van der Waals surface area contributed by atoms with E-state index < -0.39 is 0 Å². The second-order valence-electron chi connectivity index (χ2n) is 5.72. The van der Waals surface area contributed by atoms with Gasteiger partial charge in [-0.1, -0.05) is 30.3 Å². The number of fused-ring (bicyclic) bond motifs is 2. The molecule has 124 valence electrons. The number of oxazole rings is 1. The average Bonchev–Trinajstić information content (AvgIpc) is 3.08. The molecule has 4 aromatic rings. The van der Waals surface area contributed by atoms with Gasteiger partial charge in [-0.2, -0.15) is 10.1 Å². The number of nitrogens with one attached hydrogen (secondary N) is 1. The lowest BCUT2D eigenvalue weighted by Crippen LogP contribution is -1.99. The maximum Gasteiger partial charge on any atom is 0.316 e. The zero-order valence-electron chi connectivity index (χ0n) is 14.0. The monoisotopic (exact) mass is 331 g/mol. The topological polar surface area (TPSA) is 59.6 Å². The third-order valence-corrected chi connectivity index (χ3v) is 4.08. The Labute approximate surface area is 144 Å². The number of anilines is 1. The molecule has 1 aromatic heterocycles. The summed E-state index contributed by atoms with van der Waals surface area (Å²) in [7, 11) is 1.67. The van der Waals surface area contributed by atoms with Crippen molar-refractivity contribution in [3.05, 3.63) is 66.2 Å². The highest BCUT2D eigenvalue weighted by molar-refractivity contribution is 6.02. The van der Waals surface area contributed by atoms with E-state index in [4.69, 9.17) is 9.15 Å². The largest absolute Gasteiger partial charge is 0.497 e. The van der Waals surface area contributed by atoms with Crippen molar-refractivity contribution in [3.8, 4) is 5.75 Å².